The van der Waals surface area contributed by atoms with Crippen LogP contribution in [0.25, 0.3) is 11.1 Å². The zero-order valence-electron chi connectivity index (χ0n) is 14.3. The maximum absolute atomic E-state index is 12.4. The molecule has 1 fully saturated rings. The van der Waals surface area contributed by atoms with E-state index in [1.165, 1.54) is 22.8 Å². The van der Waals surface area contributed by atoms with E-state index < -0.39 is 10.7 Å². The highest BCUT2D eigenvalue weighted by atomic mass is 16.6. The SMILES string of the molecule is CC(C)N(C(=O)CCCn1c(=O)oc2cc([N+](=O)[O-])ccc21)C1CC1. The molecule has 1 saturated carbocycles. The summed E-state index contributed by atoms with van der Waals surface area (Å²) in [6.45, 7) is 4.36. The van der Waals surface area contributed by atoms with Crippen LogP contribution >= 0.6 is 0 Å². The van der Waals surface area contributed by atoms with Gasteiger partial charge in [-0.1, -0.05) is 0 Å². The Bertz CT molecular complexity index is 861. The quantitative estimate of drug-likeness (QED) is 0.566. The van der Waals surface area contributed by atoms with Crippen LogP contribution in [0.2, 0.25) is 0 Å². The number of oxazole rings is 1. The maximum Gasteiger partial charge on any atom is 0.419 e. The zero-order chi connectivity index (χ0) is 18.1. The summed E-state index contributed by atoms with van der Waals surface area (Å²) in [5.74, 6) is -0.458. The van der Waals surface area contributed by atoms with E-state index in [2.05, 4.69) is 0 Å². The van der Waals surface area contributed by atoms with Gasteiger partial charge in [0.15, 0.2) is 5.58 Å². The lowest BCUT2D eigenvalue weighted by atomic mass is 10.2. The number of fused-ring (bicyclic) bond motifs is 1. The molecule has 0 aliphatic heterocycles. The summed E-state index contributed by atoms with van der Waals surface area (Å²) in [6, 6.07) is 4.63. The first-order valence-electron chi connectivity index (χ1n) is 8.47. The molecular weight excluding hydrogens is 326 g/mol. The predicted molar refractivity (Wildman–Crippen MR) is 91.4 cm³/mol. The molecule has 0 saturated heterocycles. The summed E-state index contributed by atoms with van der Waals surface area (Å²) < 4.78 is 6.51. The number of carbonyl (C=O) groups excluding carboxylic acids is 1. The van der Waals surface area contributed by atoms with E-state index in [0.717, 1.165) is 12.8 Å². The van der Waals surface area contributed by atoms with E-state index in [1.807, 2.05) is 18.7 Å². The highest BCUT2D eigenvalue weighted by molar-refractivity contribution is 5.77. The first-order chi connectivity index (χ1) is 11.9. The summed E-state index contributed by atoms with van der Waals surface area (Å²) >= 11 is 0. The Kier molecular flexibility index (Phi) is 4.61. The van der Waals surface area contributed by atoms with Crippen LogP contribution in [-0.2, 0) is 11.3 Å². The molecule has 0 unspecified atom stereocenters. The molecule has 1 aliphatic carbocycles. The van der Waals surface area contributed by atoms with Gasteiger partial charge in [0.2, 0.25) is 5.91 Å². The number of carbonyl (C=O) groups is 1. The minimum Gasteiger partial charge on any atom is -0.407 e. The Morgan fingerprint density at radius 2 is 2.16 bits per heavy atom. The molecule has 25 heavy (non-hydrogen) atoms. The van der Waals surface area contributed by atoms with Gasteiger partial charge in [0.05, 0.1) is 16.5 Å². The van der Waals surface area contributed by atoms with Gasteiger partial charge < -0.3 is 9.32 Å². The van der Waals surface area contributed by atoms with Crippen molar-refractivity contribution in [3.63, 3.8) is 0 Å². The van der Waals surface area contributed by atoms with Gasteiger partial charge in [-0.15, -0.1) is 0 Å². The van der Waals surface area contributed by atoms with Crippen molar-refractivity contribution in [1.29, 1.82) is 0 Å². The topological polar surface area (TPSA) is 98.6 Å². The highest BCUT2D eigenvalue weighted by Gasteiger charge is 2.33. The summed E-state index contributed by atoms with van der Waals surface area (Å²) in [7, 11) is 0. The third-order valence-corrected chi connectivity index (χ3v) is 4.42. The number of nitro groups is 1. The molecule has 1 aromatic carbocycles. The molecule has 1 heterocycles. The monoisotopic (exact) mass is 347 g/mol. The minimum absolute atomic E-state index is 0.106. The molecule has 0 bridgehead atoms. The van der Waals surface area contributed by atoms with Crippen LogP contribution in [0, 0.1) is 10.1 Å². The van der Waals surface area contributed by atoms with Crippen molar-refractivity contribution in [2.24, 2.45) is 0 Å². The molecule has 2 aromatic rings. The average molecular weight is 347 g/mol. The van der Waals surface area contributed by atoms with Crippen molar-refractivity contribution < 1.29 is 14.1 Å². The van der Waals surface area contributed by atoms with Crippen LogP contribution < -0.4 is 5.76 Å². The summed E-state index contributed by atoms with van der Waals surface area (Å²) in [6.07, 6.45) is 3.00. The Hall–Kier alpha value is -2.64. The van der Waals surface area contributed by atoms with Crippen LogP contribution in [0.1, 0.15) is 39.5 Å². The number of aromatic nitrogens is 1. The van der Waals surface area contributed by atoms with Gasteiger partial charge >= 0.3 is 5.76 Å². The van der Waals surface area contributed by atoms with Crippen molar-refractivity contribution in [3.8, 4) is 0 Å². The second-order valence-corrected chi connectivity index (χ2v) is 6.66. The summed E-state index contributed by atoms with van der Waals surface area (Å²) in [5, 5.41) is 10.8. The van der Waals surface area contributed by atoms with E-state index in [-0.39, 0.29) is 23.2 Å². The second-order valence-electron chi connectivity index (χ2n) is 6.66. The van der Waals surface area contributed by atoms with Gasteiger partial charge in [0.25, 0.3) is 5.69 Å². The second kappa shape index (κ2) is 6.70. The van der Waals surface area contributed by atoms with Crippen LogP contribution in [0.15, 0.2) is 27.4 Å². The molecule has 1 aliphatic rings. The number of benzene rings is 1. The molecule has 0 atom stereocenters. The standard InChI is InChI=1S/C17H21N3O5/c1-11(2)19(12-5-6-12)16(21)4-3-9-18-14-8-7-13(20(23)24)10-15(14)25-17(18)22/h7-8,10-12H,3-6,9H2,1-2H3. The van der Waals surface area contributed by atoms with Crippen molar-refractivity contribution in [2.75, 3.05) is 0 Å². The number of nitrogens with zero attached hydrogens (tertiary/aromatic N) is 3. The molecule has 3 rings (SSSR count). The normalized spacial score (nSPS) is 14.2. The fourth-order valence-electron chi connectivity index (χ4n) is 3.16. The van der Waals surface area contributed by atoms with Crippen molar-refractivity contribution in [3.05, 3.63) is 38.9 Å². The molecule has 8 heteroatoms. The molecule has 0 radical (unpaired) electrons. The fraction of sp³-hybridized carbons (Fsp3) is 0.529. The lowest BCUT2D eigenvalue weighted by Gasteiger charge is -2.26. The van der Waals surface area contributed by atoms with Gasteiger partial charge in [-0.3, -0.25) is 19.5 Å². The van der Waals surface area contributed by atoms with Gasteiger partial charge in [-0.2, -0.15) is 0 Å². The molecule has 1 aromatic heterocycles. The van der Waals surface area contributed by atoms with Crippen molar-refractivity contribution in [1.82, 2.24) is 9.47 Å². The predicted octanol–water partition coefficient (Wildman–Crippen LogP) is 2.68. The minimum atomic E-state index is -0.564. The number of amides is 1. The Balaban J connectivity index is 1.69. The number of aryl methyl sites for hydroxylation is 1. The zero-order valence-corrected chi connectivity index (χ0v) is 14.3. The molecule has 0 N–H and O–H groups in total. The first kappa shape index (κ1) is 17.2. The van der Waals surface area contributed by atoms with E-state index in [4.69, 9.17) is 4.42 Å². The van der Waals surface area contributed by atoms with Crippen molar-refractivity contribution >= 4 is 22.7 Å². The third-order valence-electron chi connectivity index (χ3n) is 4.42. The molecule has 8 nitrogen and oxygen atoms in total. The Morgan fingerprint density at radius 1 is 1.44 bits per heavy atom. The van der Waals surface area contributed by atoms with E-state index in [0.29, 0.717) is 30.9 Å². The third kappa shape index (κ3) is 3.57. The van der Waals surface area contributed by atoms with E-state index in [9.17, 15) is 19.7 Å². The van der Waals surface area contributed by atoms with Gasteiger partial charge in [-0.05, 0) is 39.2 Å². The van der Waals surface area contributed by atoms with Gasteiger partial charge in [0.1, 0.15) is 0 Å². The Morgan fingerprint density at radius 3 is 2.76 bits per heavy atom. The van der Waals surface area contributed by atoms with Crippen LogP contribution in [-0.4, -0.2) is 32.4 Å². The fourth-order valence-corrected chi connectivity index (χ4v) is 3.16. The first-order valence-corrected chi connectivity index (χ1v) is 8.47. The van der Waals surface area contributed by atoms with Gasteiger partial charge in [0, 0.05) is 31.1 Å². The molecule has 0 spiro atoms. The van der Waals surface area contributed by atoms with Gasteiger partial charge in [-0.25, -0.2) is 4.79 Å². The number of hydrogen-bond donors (Lipinski definition) is 0. The number of non-ortho nitro benzene ring substituents is 1. The number of rotatable bonds is 7. The summed E-state index contributed by atoms with van der Waals surface area (Å²) in [5.41, 5.74) is 0.568. The highest BCUT2D eigenvalue weighted by Crippen LogP contribution is 2.29. The number of hydrogen-bond acceptors (Lipinski definition) is 5. The molecular formula is C17H21N3O5. The average Bonchev–Trinajstić information content (AvgIpc) is 3.31. The lowest BCUT2D eigenvalue weighted by Crippen LogP contribution is -2.38. The molecule has 1 amide bonds. The largest absolute Gasteiger partial charge is 0.419 e. The Labute approximate surface area is 144 Å². The van der Waals surface area contributed by atoms with E-state index >= 15 is 0 Å². The van der Waals surface area contributed by atoms with Crippen LogP contribution in [0.4, 0.5) is 5.69 Å². The van der Waals surface area contributed by atoms with E-state index in [1.54, 1.807) is 0 Å². The summed E-state index contributed by atoms with van der Waals surface area (Å²) in [4.78, 5) is 36.6. The van der Waals surface area contributed by atoms with Crippen molar-refractivity contribution in [2.45, 2.75) is 58.2 Å². The molecule has 134 valence electrons. The lowest BCUT2D eigenvalue weighted by molar-refractivity contribution is -0.384. The number of nitro benzene ring substituents is 1. The van der Waals surface area contributed by atoms with Crippen LogP contribution in [0.3, 0.4) is 0 Å². The van der Waals surface area contributed by atoms with Crippen LogP contribution in [0.5, 0.6) is 0 Å². The maximum atomic E-state index is 12.4. The smallest absolute Gasteiger partial charge is 0.407 e.